The van der Waals surface area contributed by atoms with E-state index in [4.69, 9.17) is 9.84 Å². The lowest BCUT2D eigenvalue weighted by molar-refractivity contribution is -0.118. The molecular formula is C25H28N2O4S. The predicted molar refractivity (Wildman–Crippen MR) is 129 cm³/mol. The number of thioether (sulfide) groups is 1. The van der Waals surface area contributed by atoms with Gasteiger partial charge in [0.05, 0.1) is 5.75 Å². The van der Waals surface area contributed by atoms with E-state index in [0.29, 0.717) is 11.3 Å². The van der Waals surface area contributed by atoms with Crippen molar-refractivity contribution in [1.29, 1.82) is 0 Å². The molecule has 0 radical (unpaired) electrons. The smallest absolute Gasteiger partial charge is 0.251 e. The van der Waals surface area contributed by atoms with Crippen LogP contribution in [0.25, 0.3) is 0 Å². The zero-order chi connectivity index (χ0) is 23.0. The Morgan fingerprint density at radius 1 is 0.938 bits per heavy atom. The van der Waals surface area contributed by atoms with E-state index < -0.39 is 0 Å². The standard InChI is InChI=1S/C12H10O.C8H9NO2.C5H9NOS/c1-3-7-11(8-4-1)13-12-9-5-2-6-10-12;1-9-8(11)6-2-4-7(10)5-3-6;7-5-4-8-3-1-2-6-5/h1-10H;2-5,10H,1H3,(H,9,11);1-4H2,(H,6,7). The van der Waals surface area contributed by atoms with Gasteiger partial charge in [0.25, 0.3) is 5.91 Å². The zero-order valence-corrected chi connectivity index (χ0v) is 18.8. The Labute approximate surface area is 193 Å². The van der Waals surface area contributed by atoms with Crippen LogP contribution >= 0.6 is 11.8 Å². The molecule has 1 saturated heterocycles. The molecule has 0 aliphatic carbocycles. The molecular weight excluding hydrogens is 424 g/mol. The number of carbonyl (C=O) groups excluding carboxylic acids is 2. The number of nitrogens with one attached hydrogen (secondary N) is 2. The summed E-state index contributed by atoms with van der Waals surface area (Å²) in [6.07, 6.45) is 1.12. The molecule has 2 amide bonds. The minimum atomic E-state index is -0.148. The summed E-state index contributed by atoms with van der Waals surface area (Å²) in [7, 11) is 1.56. The quantitative estimate of drug-likeness (QED) is 0.546. The van der Waals surface area contributed by atoms with E-state index in [1.165, 1.54) is 12.1 Å². The molecule has 1 aliphatic heterocycles. The van der Waals surface area contributed by atoms with Gasteiger partial charge in [-0.25, -0.2) is 0 Å². The number of hydrogen-bond acceptors (Lipinski definition) is 5. The van der Waals surface area contributed by atoms with Gasteiger partial charge >= 0.3 is 0 Å². The summed E-state index contributed by atoms with van der Waals surface area (Å²) < 4.78 is 5.58. The molecule has 32 heavy (non-hydrogen) atoms. The molecule has 168 valence electrons. The fraction of sp³-hybridized carbons (Fsp3) is 0.200. The Morgan fingerprint density at radius 3 is 2.03 bits per heavy atom. The summed E-state index contributed by atoms with van der Waals surface area (Å²) in [5.41, 5.74) is 0.547. The Kier molecular flexibility index (Phi) is 11.3. The molecule has 3 aromatic carbocycles. The third-order valence-corrected chi connectivity index (χ3v) is 5.14. The van der Waals surface area contributed by atoms with Crippen LogP contribution in [-0.4, -0.2) is 42.0 Å². The average molecular weight is 453 g/mol. The first-order chi connectivity index (χ1) is 15.6. The van der Waals surface area contributed by atoms with Crippen molar-refractivity contribution >= 4 is 23.6 Å². The van der Waals surface area contributed by atoms with Crippen molar-refractivity contribution in [2.75, 3.05) is 25.1 Å². The molecule has 0 saturated carbocycles. The maximum Gasteiger partial charge on any atom is 0.251 e. The van der Waals surface area contributed by atoms with Crippen LogP contribution in [0.2, 0.25) is 0 Å². The van der Waals surface area contributed by atoms with Gasteiger partial charge in [0.2, 0.25) is 5.91 Å². The average Bonchev–Trinajstić information content (AvgIpc) is 3.09. The minimum Gasteiger partial charge on any atom is -0.508 e. The van der Waals surface area contributed by atoms with Gasteiger partial charge in [0.15, 0.2) is 0 Å². The summed E-state index contributed by atoms with van der Waals surface area (Å²) in [4.78, 5) is 21.5. The highest BCUT2D eigenvalue weighted by Gasteiger charge is 2.03. The van der Waals surface area contributed by atoms with E-state index in [2.05, 4.69) is 10.6 Å². The molecule has 1 aliphatic rings. The van der Waals surface area contributed by atoms with Gasteiger partial charge in [0, 0.05) is 19.2 Å². The molecule has 1 fully saturated rings. The molecule has 3 N–H and O–H groups in total. The Morgan fingerprint density at radius 2 is 1.50 bits per heavy atom. The lowest BCUT2D eigenvalue weighted by Gasteiger charge is -2.03. The summed E-state index contributed by atoms with van der Waals surface area (Å²) in [6, 6.07) is 25.6. The lowest BCUT2D eigenvalue weighted by Crippen LogP contribution is -2.23. The molecule has 7 heteroatoms. The van der Waals surface area contributed by atoms with Gasteiger partial charge in [-0.1, -0.05) is 36.4 Å². The predicted octanol–water partition coefficient (Wildman–Crippen LogP) is 4.47. The van der Waals surface area contributed by atoms with Crippen molar-refractivity contribution in [3.63, 3.8) is 0 Å². The first-order valence-corrected chi connectivity index (χ1v) is 11.4. The van der Waals surface area contributed by atoms with Gasteiger partial charge in [-0.2, -0.15) is 11.8 Å². The van der Waals surface area contributed by atoms with Gasteiger partial charge < -0.3 is 20.5 Å². The number of amides is 2. The van der Waals surface area contributed by atoms with Crippen LogP contribution in [0.15, 0.2) is 84.9 Å². The van der Waals surface area contributed by atoms with Crippen molar-refractivity contribution in [3.05, 3.63) is 90.5 Å². The fourth-order valence-corrected chi connectivity index (χ4v) is 3.27. The van der Waals surface area contributed by atoms with Gasteiger partial charge in [-0.15, -0.1) is 0 Å². The van der Waals surface area contributed by atoms with Crippen LogP contribution < -0.4 is 15.4 Å². The topological polar surface area (TPSA) is 87.7 Å². The summed E-state index contributed by atoms with van der Waals surface area (Å²) >= 11 is 1.71. The van der Waals surface area contributed by atoms with Crippen molar-refractivity contribution in [2.24, 2.45) is 0 Å². The van der Waals surface area contributed by atoms with Crippen LogP contribution in [0.1, 0.15) is 16.8 Å². The number of para-hydroxylation sites is 2. The monoisotopic (exact) mass is 452 g/mol. The number of phenolic OH excluding ortho intramolecular Hbond substituents is 1. The molecule has 0 spiro atoms. The number of carbonyl (C=O) groups is 2. The van der Waals surface area contributed by atoms with Crippen LogP contribution in [-0.2, 0) is 4.79 Å². The number of aromatic hydroxyl groups is 1. The second kappa shape index (κ2) is 14.5. The highest BCUT2D eigenvalue weighted by molar-refractivity contribution is 7.99. The van der Waals surface area contributed by atoms with Crippen molar-refractivity contribution in [3.8, 4) is 17.2 Å². The minimum absolute atomic E-state index is 0.148. The highest BCUT2D eigenvalue weighted by Crippen LogP contribution is 2.19. The molecule has 0 unspecified atom stereocenters. The number of ether oxygens (including phenoxy) is 1. The maximum atomic E-state index is 10.9. The van der Waals surface area contributed by atoms with Crippen LogP contribution in [0.5, 0.6) is 17.2 Å². The molecule has 1 heterocycles. The third-order valence-electron chi connectivity index (χ3n) is 4.10. The molecule has 0 bridgehead atoms. The summed E-state index contributed by atoms with van der Waals surface area (Å²) in [5, 5.41) is 14.1. The van der Waals surface area contributed by atoms with Crippen LogP contribution in [0.4, 0.5) is 0 Å². The largest absolute Gasteiger partial charge is 0.508 e. The molecule has 3 aromatic rings. The van der Waals surface area contributed by atoms with Gasteiger partial charge in [-0.3, -0.25) is 9.59 Å². The van der Waals surface area contributed by atoms with Crippen LogP contribution in [0.3, 0.4) is 0 Å². The van der Waals surface area contributed by atoms with Crippen LogP contribution in [0, 0.1) is 0 Å². The molecule has 6 nitrogen and oxygen atoms in total. The number of hydrogen-bond donors (Lipinski definition) is 3. The van der Waals surface area contributed by atoms with Crippen molar-refractivity contribution in [2.45, 2.75) is 6.42 Å². The third kappa shape index (κ3) is 10.0. The SMILES string of the molecule is CNC(=O)c1ccc(O)cc1.O=C1CSCCCN1.c1ccc(Oc2ccccc2)cc1. The van der Waals surface area contributed by atoms with E-state index >= 15 is 0 Å². The first-order valence-electron chi connectivity index (χ1n) is 10.2. The first kappa shape index (κ1) is 24.8. The Hall–Kier alpha value is -3.45. The summed E-state index contributed by atoms with van der Waals surface area (Å²) in [5.74, 6) is 3.72. The normalized spacial score (nSPS) is 12.5. The number of phenols is 1. The fourth-order valence-electron chi connectivity index (χ4n) is 2.49. The number of rotatable bonds is 3. The van der Waals surface area contributed by atoms with E-state index in [1.54, 1.807) is 30.9 Å². The maximum absolute atomic E-state index is 10.9. The second-order valence-corrected chi connectivity index (χ2v) is 7.72. The molecule has 4 rings (SSSR count). The number of benzene rings is 3. The summed E-state index contributed by atoms with van der Waals surface area (Å²) in [6.45, 7) is 0.867. The zero-order valence-electron chi connectivity index (χ0n) is 18.0. The van der Waals surface area contributed by atoms with Gasteiger partial charge in [-0.05, 0) is 60.7 Å². The molecule has 0 aromatic heterocycles. The van der Waals surface area contributed by atoms with Gasteiger partial charge in [0.1, 0.15) is 17.2 Å². The second-order valence-electron chi connectivity index (χ2n) is 6.61. The Bertz CT molecular complexity index is 888. The van der Waals surface area contributed by atoms with E-state index in [-0.39, 0.29) is 17.6 Å². The van der Waals surface area contributed by atoms with E-state index in [0.717, 1.165) is 30.2 Å². The van der Waals surface area contributed by atoms with E-state index in [9.17, 15) is 9.59 Å². The highest BCUT2D eigenvalue weighted by atomic mass is 32.2. The molecule has 0 atom stereocenters. The Balaban J connectivity index is 0.000000175. The van der Waals surface area contributed by atoms with Crippen molar-refractivity contribution in [1.82, 2.24) is 10.6 Å². The lowest BCUT2D eigenvalue weighted by atomic mass is 10.2. The van der Waals surface area contributed by atoms with Crippen molar-refractivity contribution < 1.29 is 19.4 Å². The van der Waals surface area contributed by atoms with E-state index in [1.807, 2.05) is 60.7 Å².